The van der Waals surface area contributed by atoms with Gasteiger partial charge in [0.2, 0.25) is 0 Å². The van der Waals surface area contributed by atoms with E-state index in [9.17, 15) is 0 Å². The molecule has 0 aromatic heterocycles. The molecule has 0 aromatic rings. The third-order valence-corrected chi connectivity index (χ3v) is 7.36. The first-order chi connectivity index (χ1) is 10.1. The van der Waals surface area contributed by atoms with Gasteiger partial charge in [0, 0.05) is 31.2 Å². The van der Waals surface area contributed by atoms with Crippen molar-refractivity contribution in [1.29, 1.82) is 0 Å². The lowest BCUT2D eigenvalue weighted by Gasteiger charge is -2.50. The third kappa shape index (κ3) is 3.03. The molecule has 1 heterocycles. The van der Waals surface area contributed by atoms with Crippen molar-refractivity contribution in [3.05, 3.63) is 0 Å². The smallest absolute Gasteiger partial charge is 0.0304 e. The molecule has 2 saturated carbocycles. The van der Waals surface area contributed by atoms with Crippen LogP contribution in [0.15, 0.2) is 0 Å². The Morgan fingerprint density at radius 1 is 1.24 bits per heavy atom. The maximum absolute atomic E-state index is 3.86. The summed E-state index contributed by atoms with van der Waals surface area (Å²) in [5, 5.41) is 3.86. The number of hydrogen-bond donors (Lipinski definition) is 1. The predicted octanol–water partition coefficient (Wildman–Crippen LogP) is 3.91. The first kappa shape index (κ1) is 15.8. The number of hydrogen-bond acceptors (Lipinski definition) is 2. The van der Waals surface area contributed by atoms with Crippen LogP contribution < -0.4 is 5.32 Å². The molecule has 122 valence electrons. The van der Waals surface area contributed by atoms with E-state index in [-0.39, 0.29) is 0 Å². The highest BCUT2D eigenvalue weighted by molar-refractivity contribution is 4.99. The van der Waals surface area contributed by atoms with Crippen molar-refractivity contribution < 1.29 is 0 Å². The van der Waals surface area contributed by atoms with Crippen molar-refractivity contribution in [2.75, 3.05) is 19.6 Å². The Kier molecular flexibility index (Phi) is 4.66. The van der Waals surface area contributed by atoms with Crippen LogP contribution in [0.1, 0.15) is 66.2 Å². The van der Waals surface area contributed by atoms with Crippen LogP contribution >= 0.6 is 0 Å². The van der Waals surface area contributed by atoms with Crippen LogP contribution in [0.25, 0.3) is 0 Å². The summed E-state index contributed by atoms with van der Waals surface area (Å²) in [5.41, 5.74) is 0.381. The topological polar surface area (TPSA) is 15.3 Å². The van der Waals surface area contributed by atoms with E-state index in [0.717, 1.165) is 23.7 Å². The lowest BCUT2D eigenvalue weighted by atomic mass is 9.83. The highest BCUT2D eigenvalue weighted by Crippen LogP contribution is 2.49. The zero-order valence-corrected chi connectivity index (χ0v) is 14.7. The Morgan fingerprint density at radius 2 is 2.05 bits per heavy atom. The van der Waals surface area contributed by atoms with E-state index in [1.807, 2.05) is 0 Å². The Hall–Kier alpha value is -0.0800. The second-order valence-corrected chi connectivity index (χ2v) is 8.56. The predicted molar refractivity (Wildman–Crippen MR) is 90.5 cm³/mol. The quantitative estimate of drug-likeness (QED) is 0.826. The fourth-order valence-electron chi connectivity index (χ4n) is 5.18. The second-order valence-electron chi connectivity index (χ2n) is 8.56. The van der Waals surface area contributed by atoms with Gasteiger partial charge in [0.05, 0.1) is 0 Å². The van der Waals surface area contributed by atoms with Gasteiger partial charge in [-0.05, 0) is 56.3 Å². The van der Waals surface area contributed by atoms with Crippen molar-refractivity contribution >= 4 is 0 Å². The Balaban J connectivity index is 1.66. The average molecular weight is 293 g/mol. The first-order valence-corrected chi connectivity index (χ1v) is 9.54. The van der Waals surface area contributed by atoms with Crippen molar-refractivity contribution in [2.45, 2.75) is 77.8 Å². The van der Waals surface area contributed by atoms with Gasteiger partial charge in [0.25, 0.3) is 0 Å². The van der Waals surface area contributed by atoms with E-state index in [4.69, 9.17) is 0 Å². The Labute approximate surface area is 132 Å². The molecule has 2 heteroatoms. The summed E-state index contributed by atoms with van der Waals surface area (Å²) in [6, 6.07) is 0.702. The molecule has 0 spiro atoms. The van der Waals surface area contributed by atoms with Gasteiger partial charge in [-0.1, -0.05) is 33.6 Å². The largest absolute Gasteiger partial charge is 0.311 e. The van der Waals surface area contributed by atoms with Gasteiger partial charge in [-0.3, -0.25) is 4.90 Å². The van der Waals surface area contributed by atoms with E-state index in [1.165, 1.54) is 51.7 Å². The van der Waals surface area contributed by atoms with E-state index < -0.39 is 0 Å². The molecule has 21 heavy (non-hydrogen) atoms. The van der Waals surface area contributed by atoms with Gasteiger partial charge >= 0.3 is 0 Å². The van der Waals surface area contributed by atoms with Gasteiger partial charge in [0.1, 0.15) is 0 Å². The van der Waals surface area contributed by atoms with E-state index >= 15 is 0 Å². The summed E-state index contributed by atoms with van der Waals surface area (Å²) >= 11 is 0. The number of rotatable bonds is 5. The molecule has 2 aliphatic carbocycles. The van der Waals surface area contributed by atoms with Crippen LogP contribution in [-0.4, -0.2) is 36.1 Å². The number of fused-ring (bicyclic) bond motifs is 2. The molecule has 6 atom stereocenters. The molecule has 3 aliphatic rings. The standard InChI is InChI=1S/C19H36N2/c1-5-14(3)18-12-21(19(4,6-2)13-20-18)11-17-10-15-7-8-16(17)9-15/h14-18,20H,5-13H2,1-4H3. The van der Waals surface area contributed by atoms with E-state index in [0.29, 0.717) is 11.6 Å². The zero-order valence-electron chi connectivity index (χ0n) is 14.7. The maximum atomic E-state index is 3.86. The number of nitrogens with zero attached hydrogens (tertiary/aromatic N) is 1. The minimum atomic E-state index is 0.381. The lowest BCUT2D eigenvalue weighted by Crippen LogP contribution is -2.65. The summed E-state index contributed by atoms with van der Waals surface area (Å²) < 4.78 is 0. The van der Waals surface area contributed by atoms with Crippen molar-refractivity contribution in [1.82, 2.24) is 10.2 Å². The minimum Gasteiger partial charge on any atom is -0.311 e. The van der Waals surface area contributed by atoms with E-state index in [1.54, 1.807) is 6.42 Å². The molecule has 0 aromatic carbocycles. The van der Waals surface area contributed by atoms with Gasteiger partial charge in [0.15, 0.2) is 0 Å². The minimum absolute atomic E-state index is 0.381. The summed E-state index contributed by atoms with van der Waals surface area (Å²) in [5.74, 6) is 3.95. The van der Waals surface area contributed by atoms with Crippen molar-refractivity contribution in [3.63, 3.8) is 0 Å². The summed E-state index contributed by atoms with van der Waals surface area (Å²) in [7, 11) is 0. The summed E-state index contributed by atoms with van der Waals surface area (Å²) in [6.45, 7) is 13.4. The van der Waals surface area contributed by atoms with Gasteiger partial charge in [-0.2, -0.15) is 0 Å². The van der Waals surface area contributed by atoms with Crippen LogP contribution in [0.5, 0.6) is 0 Å². The number of piperazine rings is 1. The SMILES string of the molecule is CCC(C)C1CN(CC2CC3CCC2C3)C(C)(CC)CN1. The highest BCUT2D eigenvalue weighted by Gasteiger charge is 2.44. The third-order valence-electron chi connectivity index (χ3n) is 7.36. The summed E-state index contributed by atoms with van der Waals surface area (Å²) in [4.78, 5) is 2.88. The van der Waals surface area contributed by atoms with Gasteiger partial charge in [-0.15, -0.1) is 0 Å². The van der Waals surface area contributed by atoms with Gasteiger partial charge in [-0.25, -0.2) is 0 Å². The van der Waals surface area contributed by atoms with Crippen LogP contribution in [0, 0.1) is 23.7 Å². The van der Waals surface area contributed by atoms with Crippen LogP contribution in [0.4, 0.5) is 0 Å². The Morgan fingerprint density at radius 3 is 2.62 bits per heavy atom. The number of nitrogens with one attached hydrogen (secondary N) is 1. The Bertz CT molecular complexity index is 355. The van der Waals surface area contributed by atoms with Crippen LogP contribution in [0.3, 0.4) is 0 Å². The molecule has 3 fully saturated rings. The summed E-state index contributed by atoms with van der Waals surface area (Å²) in [6.07, 6.45) is 8.70. The fourth-order valence-corrected chi connectivity index (χ4v) is 5.18. The van der Waals surface area contributed by atoms with E-state index in [2.05, 4.69) is 37.9 Å². The first-order valence-electron chi connectivity index (χ1n) is 9.54. The molecule has 1 saturated heterocycles. The van der Waals surface area contributed by atoms with Crippen molar-refractivity contribution in [2.24, 2.45) is 23.7 Å². The molecule has 2 bridgehead atoms. The van der Waals surface area contributed by atoms with Gasteiger partial charge < -0.3 is 5.32 Å². The molecule has 3 rings (SSSR count). The molecule has 1 N–H and O–H groups in total. The molecule has 6 unspecified atom stereocenters. The molecule has 0 radical (unpaired) electrons. The lowest BCUT2D eigenvalue weighted by molar-refractivity contribution is 0.0162. The molecular formula is C19H36N2. The van der Waals surface area contributed by atoms with Crippen LogP contribution in [0.2, 0.25) is 0 Å². The van der Waals surface area contributed by atoms with Crippen molar-refractivity contribution in [3.8, 4) is 0 Å². The molecule has 2 nitrogen and oxygen atoms in total. The zero-order chi connectivity index (χ0) is 15.0. The average Bonchev–Trinajstić information content (AvgIpc) is 3.11. The highest BCUT2D eigenvalue weighted by atomic mass is 15.3. The molecule has 1 aliphatic heterocycles. The fraction of sp³-hybridized carbons (Fsp3) is 1.00. The van der Waals surface area contributed by atoms with Crippen LogP contribution in [-0.2, 0) is 0 Å². The monoisotopic (exact) mass is 292 g/mol. The molecular weight excluding hydrogens is 256 g/mol. The second kappa shape index (κ2) is 6.20. The molecule has 0 amide bonds. The maximum Gasteiger partial charge on any atom is 0.0304 e. The normalized spacial score (nSPS) is 45.1.